The molecule has 1 aromatic carbocycles. The lowest BCUT2D eigenvalue weighted by Crippen LogP contribution is -2.28. The lowest BCUT2D eigenvalue weighted by molar-refractivity contribution is 0.323. The molecule has 4 heteroatoms. The molecule has 0 unspecified atom stereocenters. The molecule has 0 radical (unpaired) electrons. The second kappa shape index (κ2) is 6.61. The Bertz CT molecular complexity index is 379. The molecule has 0 saturated heterocycles. The fourth-order valence-electron chi connectivity index (χ4n) is 2.00. The summed E-state index contributed by atoms with van der Waals surface area (Å²) in [6.45, 7) is 4.81. The molecule has 1 aliphatic heterocycles. The van der Waals surface area contributed by atoms with Gasteiger partial charge >= 0.3 is 0 Å². The van der Waals surface area contributed by atoms with E-state index in [4.69, 9.17) is 4.74 Å². The van der Waals surface area contributed by atoms with Crippen LogP contribution in [-0.2, 0) is 6.42 Å². The minimum atomic E-state index is 0.762. The number of likely N-dealkylation sites (N-methyl/N-ethyl adjacent to an activating group) is 1. The van der Waals surface area contributed by atoms with Crippen LogP contribution in [0.25, 0.3) is 0 Å². The van der Waals surface area contributed by atoms with E-state index in [2.05, 4.69) is 47.8 Å². The molecule has 0 bridgehead atoms. The smallest absolute Gasteiger partial charge is 0.142 e. The molecule has 100 valence electrons. The maximum atomic E-state index is 5.56. The largest absolute Gasteiger partial charge is 0.490 e. The van der Waals surface area contributed by atoms with Crippen LogP contribution >= 0.6 is 0 Å². The number of fused-ring (bicyclic) bond motifs is 1. The number of anilines is 1. The Balaban J connectivity index is 1.76. The summed E-state index contributed by atoms with van der Waals surface area (Å²) in [5.41, 5.74) is 2.48. The van der Waals surface area contributed by atoms with Gasteiger partial charge in [0.1, 0.15) is 12.4 Å². The zero-order chi connectivity index (χ0) is 12.8. The molecule has 1 heterocycles. The monoisotopic (exact) mass is 249 g/mol. The van der Waals surface area contributed by atoms with Crippen molar-refractivity contribution >= 4 is 5.69 Å². The number of nitrogens with zero attached hydrogens (tertiary/aromatic N) is 1. The Labute approximate surface area is 109 Å². The van der Waals surface area contributed by atoms with E-state index in [0.29, 0.717) is 0 Å². The van der Waals surface area contributed by atoms with Crippen LogP contribution < -0.4 is 15.4 Å². The molecule has 0 spiro atoms. The number of ether oxygens (including phenoxy) is 1. The normalized spacial score (nSPS) is 13.9. The van der Waals surface area contributed by atoms with Crippen LogP contribution in [0.5, 0.6) is 5.75 Å². The van der Waals surface area contributed by atoms with Gasteiger partial charge in [-0.3, -0.25) is 0 Å². The van der Waals surface area contributed by atoms with E-state index in [1.807, 2.05) is 0 Å². The van der Waals surface area contributed by atoms with Crippen molar-refractivity contribution in [3.05, 3.63) is 23.8 Å². The fraction of sp³-hybridized carbons (Fsp3) is 0.571. The molecular formula is C14H23N3O. The standard InChI is InChI=1S/C14H23N3O/c1-17(2)9-7-15-6-5-12-3-4-14-13(11-12)16-8-10-18-14/h3-4,11,15-16H,5-10H2,1-2H3. The molecule has 0 fully saturated rings. The van der Waals surface area contributed by atoms with Crippen molar-refractivity contribution in [2.75, 3.05) is 52.2 Å². The molecule has 1 aliphatic rings. The summed E-state index contributed by atoms with van der Waals surface area (Å²) < 4.78 is 5.56. The molecule has 2 N–H and O–H groups in total. The number of nitrogens with one attached hydrogen (secondary N) is 2. The highest BCUT2D eigenvalue weighted by atomic mass is 16.5. The van der Waals surface area contributed by atoms with Gasteiger partial charge in [-0.15, -0.1) is 0 Å². The van der Waals surface area contributed by atoms with Crippen molar-refractivity contribution in [2.24, 2.45) is 0 Å². The van der Waals surface area contributed by atoms with Crippen molar-refractivity contribution in [3.8, 4) is 5.75 Å². The van der Waals surface area contributed by atoms with E-state index >= 15 is 0 Å². The van der Waals surface area contributed by atoms with E-state index in [1.54, 1.807) is 0 Å². The van der Waals surface area contributed by atoms with Crippen LogP contribution in [0.3, 0.4) is 0 Å². The molecule has 0 saturated carbocycles. The first-order valence-electron chi connectivity index (χ1n) is 6.61. The molecule has 0 aromatic heterocycles. The van der Waals surface area contributed by atoms with Crippen LogP contribution in [0.4, 0.5) is 5.69 Å². The molecule has 1 aromatic rings. The van der Waals surface area contributed by atoms with Crippen LogP contribution in [0.2, 0.25) is 0 Å². The molecule has 4 nitrogen and oxygen atoms in total. The van der Waals surface area contributed by atoms with Gasteiger partial charge in [-0.25, -0.2) is 0 Å². The maximum absolute atomic E-state index is 5.56. The minimum Gasteiger partial charge on any atom is -0.490 e. The zero-order valence-corrected chi connectivity index (χ0v) is 11.3. The SMILES string of the molecule is CN(C)CCNCCc1ccc2c(c1)NCCO2. The molecule has 0 atom stereocenters. The molecule has 2 rings (SSSR count). The first-order chi connectivity index (χ1) is 8.75. The summed E-state index contributed by atoms with van der Waals surface area (Å²) in [4.78, 5) is 2.19. The predicted octanol–water partition coefficient (Wildman–Crippen LogP) is 1.18. The average Bonchev–Trinajstić information content (AvgIpc) is 2.38. The van der Waals surface area contributed by atoms with Gasteiger partial charge in [0.2, 0.25) is 0 Å². The second-order valence-electron chi connectivity index (χ2n) is 4.91. The van der Waals surface area contributed by atoms with Crippen molar-refractivity contribution < 1.29 is 4.74 Å². The summed E-state index contributed by atoms with van der Waals surface area (Å²) in [7, 11) is 4.19. The van der Waals surface area contributed by atoms with Gasteiger partial charge < -0.3 is 20.3 Å². The number of hydrogen-bond acceptors (Lipinski definition) is 4. The number of hydrogen-bond donors (Lipinski definition) is 2. The summed E-state index contributed by atoms with van der Waals surface area (Å²) in [5.74, 6) is 0.977. The van der Waals surface area contributed by atoms with Crippen LogP contribution in [0, 0.1) is 0 Å². The Morgan fingerprint density at radius 1 is 1.33 bits per heavy atom. The van der Waals surface area contributed by atoms with Crippen LogP contribution in [0.1, 0.15) is 5.56 Å². The second-order valence-corrected chi connectivity index (χ2v) is 4.91. The topological polar surface area (TPSA) is 36.5 Å². The highest BCUT2D eigenvalue weighted by Crippen LogP contribution is 2.27. The van der Waals surface area contributed by atoms with Crippen LogP contribution in [0.15, 0.2) is 18.2 Å². The van der Waals surface area contributed by atoms with Gasteiger partial charge in [0.25, 0.3) is 0 Å². The lowest BCUT2D eigenvalue weighted by atomic mass is 10.1. The number of benzene rings is 1. The van der Waals surface area contributed by atoms with Crippen LogP contribution in [-0.4, -0.2) is 51.8 Å². The van der Waals surface area contributed by atoms with E-state index in [1.165, 1.54) is 5.56 Å². The zero-order valence-electron chi connectivity index (χ0n) is 11.3. The van der Waals surface area contributed by atoms with Gasteiger partial charge in [-0.2, -0.15) is 0 Å². The van der Waals surface area contributed by atoms with Crippen molar-refractivity contribution in [1.82, 2.24) is 10.2 Å². The van der Waals surface area contributed by atoms with Gasteiger partial charge in [0, 0.05) is 19.6 Å². The minimum absolute atomic E-state index is 0.762. The first kappa shape index (κ1) is 13.2. The maximum Gasteiger partial charge on any atom is 0.142 e. The van der Waals surface area contributed by atoms with E-state index in [-0.39, 0.29) is 0 Å². The highest BCUT2D eigenvalue weighted by Gasteiger charge is 2.09. The van der Waals surface area contributed by atoms with Gasteiger partial charge in [-0.1, -0.05) is 6.07 Å². The first-order valence-corrected chi connectivity index (χ1v) is 6.61. The highest BCUT2D eigenvalue weighted by molar-refractivity contribution is 5.59. The van der Waals surface area contributed by atoms with Crippen molar-refractivity contribution in [2.45, 2.75) is 6.42 Å². The molecular weight excluding hydrogens is 226 g/mol. The van der Waals surface area contributed by atoms with Crippen molar-refractivity contribution in [3.63, 3.8) is 0 Å². The molecule has 18 heavy (non-hydrogen) atoms. The van der Waals surface area contributed by atoms with E-state index < -0.39 is 0 Å². The molecule has 0 aliphatic carbocycles. The number of rotatable bonds is 6. The summed E-state index contributed by atoms with van der Waals surface area (Å²) >= 11 is 0. The van der Waals surface area contributed by atoms with Gasteiger partial charge in [0.05, 0.1) is 5.69 Å². The third-order valence-electron chi connectivity index (χ3n) is 3.05. The quantitative estimate of drug-likeness (QED) is 0.743. The average molecular weight is 249 g/mol. The Kier molecular flexibility index (Phi) is 4.84. The summed E-state index contributed by atoms with van der Waals surface area (Å²) in [6.07, 6.45) is 1.06. The summed E-state index contributed by atoms with van der Waals surface area (Å²) in [6, 6.07) is 6.41. The fourth-order valence-corrected chi connectivity index (χ4v) is 2.00. The third-order valence-corrected chi connectivity index (χ3v) is 3.05. The lowest BCUT2D eigenvalue weighted by Gasteiger charge is -2.19. The molecule has 0 amide bonds. The van der Waals surface area contributed by atoms with Crippen molar-refractivity contribution in [1.29, 1.82) is 0 Å². The van der Waals surface area contributed by atoms with Gasteiger partial charge in [-0.05, 0) is 44.8 Å². The van der Waals surface area contributed by atoms with E-state index in [9.17, 15) is 0 Å². The Morgan fingerprint density at radius 3 is 3.06 bits per heavy atom. The summed E-state index contributed by atoms with van der Waals surface area (Å²) in [5, 5.41) is 6.82. The Hall–Kier alpha value is -1.26. The van der Waals surface area contributed by atoms with Gasteiger partial charge in [0.15, 0.2) is 0 Å². The van der Waals surface area contributed by atoms with E-state index in [0.717, 1.165) is 50.6 Å². The predicted molar refractivity (Wildman–Crippen MR) is 75.6 cm³/mol. The third kappa shape index (κ3) is 3.89. The Morgan fingerprint density at radius 2 is 2.22 bits per heavy atom.